The van der Waals surface area contributed by atoms with Gasteiger partial charge in [0, 0.05) is 10.5 Å². The van der Waals surface area contributed by atoms with Crippen LogP contribution in [0.5, 0.6) is 5.75 Å². The lowest BCUT2D eigenvalue weighted by Crippen LogP contribution is -2.05. The van der Waals surface area contributed by atoms with Crippen molar-refractivity contribution in [3.8, 4) is 5.75 Å². The summed E-state index contributed by atoms with van der Waals surface area (Å²) in [5, 5.41) is 0. The van der Waals surface area contributed by atoms with Gasteiger partial charge in [0.25, 0.3) is 0 Å². The Morgan fingerprint density at radius 3 is 2.40 bits per heavy atom. The molecule has 0 aliphatic heterocycles. The summed E-state index contributed by atoms with van der Waals surface area (Å²) < 4.78 is 28.0. The van der Waals surface area contributed by atoms with Gasteiger partial charge in [-0.3, -0.25) is 9.59 Å². The second kappa shape index (κ2) is 4.88. The molecule has 0 heterocycles. The summed E-state index contributed by atoms with van der Waals surface area (Å²) in [6, 6.07) is 2.35. The molecule has 15 heavy (non-hydrogen) atoms. The van der Waals surface area contributed by atoms with Gasteiger partial charge in [-0.25, -0.2) is 0 Å². The van der Waals surface area contributed by atoms with Crippen molar-refractivity contribution in [2.75, 3.05) is 0 Å². The second-order valence-corrected chi connectivity index (χ2v) is 3.05. The Morgan fingerprint density at radius 1 is 1.27 bits per heavy atom. The smallest absolute Gasteiger partial charge is 0.387 e. The number of halogens is 2. The number of ether oxygens (including phenoxy) is 1. The van der Waals surface area contributed by atoms with Crippen LogP contribution in [0.15, 0.2) is 17.0 Å². The molecule has 1 rings (SSSR count). The topological polar surface area (TPSA) is 43.4 Å². The van der Waals surface area contributed by atoms with E-state index in [1.165, 1.54) is 6.07 Å². The predicted molar refractivity (Wildman–Crippen MR) is 51.1 cm³/mol. The Hall–Kier alpha value is -1.43. The minimum absolute atomic E-state index is 0.107. The monoisotopic (exact) mass is 232 g/mol. The second-order valence-electron chi connectivity index (χ2n) is 2.57. The fourth-order valence-electron chi connectivity index (χ4n) is 1.01. The summed E-state index contributed by atoms with van der Waals surface area (Å²) in [6.45, 7) is -3.06. The standard InChI is InChI=1S/C9H6F2O3S/c10-9(11)14-7-1-5(3-12)2-8(15)6(7)4-13/h1-4,9,15H. The molecule has 0 fully saturated rings. The van der Waals surface area contributed by atoms with Gasteiger partial charge in [0.2, 0.25) is 0 Å². The third-order valence-electron chi connectivity index (χ3n) is 1.61. The Balaban J connectivity index is 3.25. The summed E-state index contributed by atoms with van der Waals surface area (Å²) >= 11 is 3.88. The van der Waals surface area contributed by atoms with E-state index in [-0.39, 0.29) is 21.8 Å². The van der Waals surface area contributed by atoms with Crippen LogP contribution < -0.4 is 4.74 Å². The molecule has 0 spiro atoms. The maximum atomic E-state index is 12.0. The molecule has 3 nitrogen and oxygen atoms in total. The summed E-state index contributed by atoms with van der Waals surface area (Å²) in [5.41, 5.74) is 0.00508. The van der Waals surface area contributed by atoms with Crippen LogP contribution in [0.3, 0.4) is 0 Å². The van der Waals surface area contributed by atoms with Crippen LogP contribution in [0.25, 0.3) is 0 Å². The molecular weight excluding hydrogens is 226 g/mol. The molecule has 1 aromatic rings. The molecule has 0 bridgehead atoms. The zero-order valence-corrected chi connectivity index (χ0v) is 8.21. The first-order valence-electron chi connectivity index (χ1n) is 3.80. The van der Waals surface area contributed by atoms with E-state index in [1.54, 1.807) is 0 Å². The third-order valence-corrected chi connectivity index (χ3v) is 1.98. The predicted octanol–water partition coefficient (Wildman–Crippen LogP) is 2.20. The van der Waals surface area contributed by atoms with Gasteiger partial charge in [-0.1, -0.05) is 0 Å². The van der Waals surface area contributed by atoms with E-state index in [0.29, 0.717) is 12.6 Å². The van der Waals surface area contributed by atoms with Crippen LogP contribution >= 0.6 is 12.6 Å². The van der Waals surface area contributed by atoms with Crippen LogP contribution in [-0.4, -0.2) is 19.2 Å². The van der Waals surface area contributed by atoms with E-state index in [4.69, 9.17) is 0 Å². The van der Waals surface area contributed by atoms with Gasteiger partial charge in [-0.2, -0.15) is 8.78 Å². The van der Waals surface area contributed by atoms with Crippen molar-refractivity contribution in [2.45, 2.75) is 11.5 Å². The van der Waals surface area contributed by atoms with Gasteiger partial charge in [-0.05, 0) is 12.1 Å². The van der Waals surface area contributed by atoms with Gasteiger partial charge >= 0.3 is 6.61 Å². The zero-order chi connectivity index (χ0) is 11.4. The minimum atomic E-state index is -3.06. The highest BCUT2D eigenvalue weighted by Gasteiger charge is 2.13. The summed E-state index contributed by atoms with van der Waals surface area (Å²) in [7, 11) is 0. The van der Waals surface area contributed by atoms with E-state index in [9.17, 15) is 18.4 Å². The number of hydrogen-bond donors (Lipinski definition) is 1. The first-order chi connectivity index (χ1) is 7.08. The van der Waals surface area contributed by atoms with Gasteiger partial charge in [0.05, 0.1) is 5.56 Å². The molecule has 0 aliphatic rings. The molecule has 80 valence electrons. The number of aldehydes is 2. The van der Waals surface area contributed by atoms with Crippen molar-refractivity contribution in [3.05, 3.63) is 23.3 Å². The van der Waals surface area contributed by atoms with Crippen LogP contribution in [0.1, 0.15) is 20.7 Å². The summed E-state index contributed by atoms with van der Waals surface area (Å²) in [6.07, 6.45) is 0.793. The fraction of sp³-hybridized carbons (Fsp3) is 0.111. The molecule has 0 amide bonds. The number of alkyl halides is 2. The summed E-state index contributed by atoms with van der Waals surface area (Å²) in [5.74, 6) is -0.352. The quantitative estimate of drug-likeness (QED) is 0.639. The van der Waals surface area contributed by atoms with E-state index >= 15 is 0 Å². The number of rotatable bonds is 4. The maximum Gasteiger partial charge on any atom is 0.387 e. The SMILES string of the molecule is O=Cc1cc(S)c(C=O)c(OC(F)F)c1. The molecule has 6 heteroatoms. The van der Waals surface area contributed by atoms with Gasteiger partial charge in [0.15, 0.2) is 6.29 Å². The molecule has 0 radical (unpaired) electrons. The van der Waals surface area contributed by atoms with Crippen molar-refractivity contribution < 1.29 is 23.1 Å². The van der Waals surface area contributed by atoms with Crippen molar-refractivity contribution in [1.82, 2.24) is 0 Å². The van der Waals surface area contributed by atoms with Crippen molar-refractivity contribution in [2.24, 2.45) is 0 Å². The molecule has 0 saturated carbocycles. The van der Waals surface area contributed by atoms with Crippen molar-refractivity contribution >= 4 is 25.2 Å². The van der Waals surface area contributed by atoms with E-state index in [2.05, 4.69) is 17.4 Å². The molecule has 0 unspecified atom stereocenters. The van der Waals surface area contributed by atoms with Gasteiger partial charge in [-0.15, -0.1) is 12.6 Å². The molecule has 0 aromatic heterocycles. The van der Waals surface area contributed by atoms with Gasteiger partial charge < -0.3 is 4.74 Å². The highest BCUT2D eigenvalue weighted by atomic mass is 32.1. The molecule has 0 atom stereocenters. The minimum Gasteiger partial charge on any atom is -0.434 e. The number of hydrogen-bond acceptors (Lipinski definition) is 4. The molecule has 0 aliphatic carbocycles. The lowest BCUT2D eigenvalue weighted by Gasteiger charge is -2.09. The lowest BCUT2D eigenvalue weighted by atomic mass is 10.1. The molecular formula is C9H6F2O3S. The number of carbonyl (C=O) groups is 2. The van der Waals surface area contributed by atoms with E-state index < -0.39 is 6.61 Å². The van der Waals surface area contributed by atoms with E-state index in [1.807, 2.05) is 0 Å². The number of carbonyl (C=O) groups excluding carboxylic acids is 2. The van der Waals surface area contributed by atoms with Crippen LogP contribution in [0.2, 0.25) is 0 Å². The summed E-state index contributed by atoms with van der Waals surface area (Å²) in [4.78, 5) is 21.1. The average Bonchev–Trinajstić information content (AvgIpc) is 2.16. The number of benzene rings is 1. The van der Waals surface area contributed by atoms with Crippen LogP contribution in [0.4, 0.5) is 8.78 Å². The van der Waals surface area contributed by atoms with E-state index in [0.717, 1.165) is 6.07 Å². The fourth-order valence-corrected chi connectivity index (χ4v) is 1.32. The van der Waals surface area contributed by atoms with Crippen LogP contribution in [-0.2, 0) is 0 Å². The lowest BCUT2D eigenvalue weighted by molar-refractivity contribution is -0.0502. The first kappa shape index (κ1) is 11.6. The van der Waals surface area contributed by atoms with Crippen LogP contribution in [0, 0.1) is 0 Å². The number of thiol groups is 1. The first-order valence-corrected chi connectivity index (χ1v) is 4.25. The Labute approximate surface area is 89.4 Å². The normalized spacial score (nSPS) is 10.1. The zero-order valence-electron chi connectivity index (χ0n) is 7.31. The molecule has 0 N–H and O–H groups in total. The highest BCUT2D eigenvalue weighted by molar-refractivity contribution is 7.80. The molecule has 0 saturated heterocycles. The Bertz CT molecular complexity index is 393. The Kier molecular flexibility index (Phi) is 3.79. The molecule has 1 aromatic carbocycles. The van der Waals surface area contributed by atoms with Gasteiger partial charge in [0.1, 0.15) is 12.0 Å². The third kappa shape index (κ3) is 2.76. The average molecular weight is 232 g/mol. The Morgan fingerprint density at radius 2 is 1.93 bits per heavy atom. The largest absolute Gasteiger partial charge is 0.434 e. The van der Waals surface area contributed by atoms with Crippen molar-refractivity contribution in [1.29, 1.82) is 0 Å². The maximum absolute atomic E-state index is 12.0. The van der Waals surface area contributed by atoms with Crippen molar-refractivity contribution in [3.63, 3.8) is 0 Å². The highest BCUT2D eigenvalue weighted by Crippen LogP contribution is 2.26.